The van der Waals surface area contributed by atoms with Gasteiger partial charge in [-0.15, -0.1) is 0 Å². The number of rotatable bonds is 5. The highest BCUT2D eigenvalue weighted by molar-refractivity contribution is 7.89. The number of nitrogens with zero attached hydrogens (tertiary/aromatic N) is 3. The van der Waals surface area contributed by atoms with Crippen molar-refractivity contribution in [2.45, 2.75) is 18.4 Å². The minimum absolute atomic E-state index is 0.0106. The number of anilines is 1. The van der Waals surface area contributed by atoms with E-state index in [1.165, 1.54) is 12.1 Å². The van der Waals surface area contributed by atoms with Crippen molar-refractivity contribution >= 4 is 39.2 Å². The van der Waals surface area contributed by atoms with Crippen molar-refractivity contribution in [2.24, 2.45) is 0 Å². The van der Waals surface area contributed by atoms with E-state index in [0.717, 1.165) is 0 Å². The van der Waals surface area contributed by atoms with E-state index in [2.05, 4.69) is 14.7 Å². The number of benzene rings is 1. The van der Waals surface area contributed by atoms with E-state index in [1.54, 1.807) is 19.2 Å². The molecule has 1 saturated heterocycles. The molecule has 0 bridgehead atoms. The van der Waals surface area contributed by atoms with Gasteiger partial charge in [-0.25, -0.2) is 23.1 Å². The molecule has 1 aliphatic rings. The third kappa shape index (κ3) is 4.44. The minimum Gasteiger partial charge on any atom is -0.378 e. The Kier molecular flexibility index (Phi) is 5.99. The Morgan fingerprint density at radius 1 is 1.23 bits per heavy atom. The zero-order valence-corrected chi connectivity index (χ0v) is 16.4. The van der Waals surface area contributed by atoms with Crippen LogP contribution in [-0.4, -0.2) is 44.7 Å². The molecule has 0 aliphatic carbocycles. The van der Waals surface area contributed by atoms with Crippen LogP contribution in [0.2, 0.25) is 10.0 Å². The molecule has 1 aliphatic heterocycles. The van der Waals surface area contributed by atoms with Crippen LogP contribution in [0.3, 0.4) is 0 Å². The van der Waals surface area contributed by atoms with Gasteiger partial charge in [-0.05, 0) is 30.7 Å². The molecular weight excluding hydrogens is 399 g/mol. The number of hydrogen-bond donors (Lipinski definition) is 1. The van der Waals surface area contributed by atoms with Gasteiger partial charge in [-0.2, -0.15) is 0 Å². The summed E-state index contributed by atoms with van der Waals surface area (Å²) in [6.07, 6.45) is 1.61. The highest BCUT2D eigenvalue weighted by Crippen LogP contribution is 2.28. The van der Waals surface area contributed by atoms with Crippen LogP contribution in [0.25, 0.3) is 0 Å². The van der Waals surface area contributed by atoms with Crippen molar-refractivity contribution in [1.29, 1.82) is 0 Å². The number of morpholine rings is 1. The average molecular weight is 417 g/mol. The van der Waals surface area contributed by atoms with Crippen LogP contribution < -0.4 is 9.62 Å². The van der Waals surface area contributed by atoms with Crippen molar-refractivity contribution in [3.63, 3.8) is 0 Å². The molecule has 140 valence electrons. The summed E-state index contributed by atoms with van der Waals surface area (Å²) in [4.78, 5) is 10.7. The van der Waals surface area contributed by atoms with Crippen LogP contribution in [0.4, 0.5) is 5.95 Å². The maximum absolute atomic E-state index is 12.6. The second-order valence-electron chi connectivity index (χ2n) is 5.80. The van der Waals surface area contributed by atoms with Crippen LogP contribution in [0, 0.1) is 6.92 Å². The van der Waals surface area contributed by atoms with Crippen molar-refractivity contribution in [2.75, 3.05) is 31.2 Å². The molecule has 1 N–H and O–H groups in total. The maximum atomic E-state index is 12.6. The molecule has 0 saturated carbocycles. The van der Waals surface area contributed by atoms with E-state index in [9.17, 15) is 8.42 Å². The first-order valence-electron chi connectivity index (χ1n) is 7.97. The molecule has 26 heavy (non-hydrogen) atoms. The molecule has 0 radical (unpaired) electrons. The summed E-state index contributed by atoms with van der Waals surface area (Å²) in [7, 11) is -3.80. The highest BCUT2D eigenvalue weighted by atomic mass is 35.5. The predicted octanol–water partition coefficient (Wildman–Crippen LogP) is 2.41. The fourth-order valence-corrected chi connectivity index (χ4v) is 4.31. The lowest BCUT2D eigenvalue weighted by Gasteiger charge is -2.26. The summed E-state index contributed by atoms with van der Waals surface area (Å²) in [5.41, 5.74) is 1.19. The fourth-order valence-electron chi connectivity index (χ4n) is 2.48. The normalized spacial score (nSPS) is 15.3. The Morgan fingerprint density at radius 2 is 1.96 bits per heavy atom. The van der Waals surface area contributed by atoms with E-state index < -0.39 is 10.0 Å². The molecule has 10 heteroatoms. The number of sulfonamides is 1. The lowest BCUT2D eigenvalue weighted by molar-refractivity contribution is 0.122. The van der Waals surface area contributed by atoms with Crippen molar-refractivity contribution in [3.05, 3.63) is 45.7 Å². The summed E-state index contributed by atoms with van der Waals surface area (Å²) >= 11 is 12.0. The van der Waals surface area contributed by atoms with E-state index in [-0.39, 0.29) is 16.5 Å². The van der Waals surface area contributed by atoms with Gasteiger partial charge in [0, 0.05) is 24.3 Å². The highest BCUT2D eigenvalue weighted by Gasteiger charge is 2.20. The number of aryl methyl sites for hydroxylation is 1. The second kappa shape index (κ2) is 8.06. The number of ether oxygens (including phenoxy) is 1. The van der Waals surface area contributed by atoms with Crippen LogP contribution >= 0.6 is 23.2 Å². The van der Waals surface area contributed by atoms with Gasteiger partial charge < -0.3 is 9.64 Å². The van der Waals surface area contributed by atoms with Crippen molar-refractivity contribution in [1.82, 2.24) is 14.7 Å². The molecule has 2 heterocycles. The molecule has 0 atom stereocenters. The Labute approximate surface area is 162 Å². The van der Waals surface area contributed by atoms with Crippen LogP contribution in [0.15, 0.2) is 29.3 Å². The summed E-state index contributed by atoms with van der Waals surface area (Å²) < 4.78 is 33.0. The zero-order valence-electron chi connectivity index (χ0n) is 14.1. The van der Waals surface area contributed by atoms with Gasteiger partial charge in [0.2, 0.25) is 16.0 Å². The molecule has 1 aromatic carbocycles. The summed E-state index contributed by atoms with van der Waals surface area (Å²) in [5.74, 6) is 0.561. The maximum Gasteiger partial charge on any atom is 0.242 e. The first-order chi connectivity index (χ1) is 12.4. The predicted molar refractivity (Wildman–Crippen MR) is 100 cm³/mol. The Balaban J connectivity index is 1.75. The second-order valence-corrected chi connectivity index (χ2v) is 8.35. The fraction of sp³-hybridized carbons (Fsp3) is 0.375. The number of hydrogen-bond acceptors (Lipinski definition) is 6. The molecule has 3 rings (SSSR count). The van der Waals surface area contributed by atoms with Crippen LogP contribution in [0.5, 0.6) is 0 Å². The SMILES string of the molecule is Cc1cc(S(=O)(=O)NCc2ccnc(N3CCOCC3)n2)c(Cl)cc1Cl. The number of nitrogens with one attached hydrogen (secondary N) is 1. The van der Waals surface area contributed by atoms with E-state index in [4.69, 9.17) is 27.9 Å². The summed E-state index contributed by atoms with van der Waals surface area (Å²) in [5, 5.41) is 0.490. The smallest absolute Gasteiger partial charge is 0.242 e. The third-order valence-electron chi connectivity index (χ3n) is 3.94. The van der Waals surface area contributed by atoms with Gasteiger partial charge in [-0.1, -0.05) is 23.2 Å². The topological polar surface area (TPSA) is 84.4 Å². The van der Waals surface area contributed by atoms with Crippen molar-refractivity contribution in [3.8, 4) is 0 Å². The monoisotopic (exact) mass is 416 g/mol. The van der Waals surface area contributed by atoms with Gasteiger partial charge >= 0.3 is 0 Å². The Hall–Kier alpha value is -1.45. The van der Waals surface area contributed by atoms with E-state index in [0.29, 0.717) is 48.5 Å². The summed E-state index contributed by atoms with van der Waals surface area (Å²) in [6, 6.07) is 4.54. The molecule has 2 aromatic rings. The standard InChI is InChI=1S/C16H18Cl2N4O3S/c1-11-8-15(14(18)9-13(11)17)26(23,24)20-10-12-2-3-19-16(21-12)22-4-6-25-7-5-22/h2-3,8-9,20H,4-7,10H2,1H3. The lowest BCUT2D eigenvalue weighted by atomic mass is 10.2. The third-order valence-corrected chi connectivity index (χ3v) is 6.21. The Bertz CT molecular complexity index is 902. The van der Waals surface area contributed by atoms with Gasteiger partial charge in [0.05, 0.1) is 30.5 Å². The average Bonchev–Trinajstić information content (AvgIpc) is 2.64. The Morgan fingerprint density at radius 3 is 2.69 bits per heavy atom. The number of aromatic nitrogens is 2. The quantitative estimate of drug-likeness (QED) is 0.805. The molecule has 1 aromatic heterocycles. The van der Waals surface area contributed by atoms with Crippen LogP contribution in [-0.2, 0) is 21.3 Å². The molecule has 0 spiro atoms. The number of halogens is 2. The van der Waals surface area contributed by atoms with Gasteiger partial charge in [0.15, 0.2) is 0 Å². The largest absolute Gasteiger partial charge is 0.378 e. The zero-order chi connectivity index (χ0) is 18.7. The lowest BCUT2D eigenvalue weighted by Crippen LogP contribution is -2.37. The molecule has 0 unspecified atom stereocenters. The molecular formula is C16H18Cl2N4O3S. The van der Waals surface area contributed by atoms with Gasteiger partial charge in [0.25, 0.3) is 0 Å². The van der Waals surface area contributed by atoms with Gasteiger partial charge in [0.1, 0.15) is 4.90 Å². The molecule has 7 nitrogen and oxygen atoms in total. The molecule has 0 amide bonds. The van der Waals surface area contributed by atoms with E-state index >= 15 is 0 Å². The first kappa shape index (κ1) is 19.3. The van der Waals surface area contributed by atoms with E-state index in [1.807, 2.05) is 4.90 Å². The van der Waals surface area contributed by atoms with Crippen molar-refractivity contribution < 1.29 is 13.2 Å². The van der Waals surface area contributed by atoms with Crippen LogP contribution in [0.1, 0.15) is 11.3 Å². The van der Waals surface area contributed by atoms with Gasteiger partial charge in [-0.3, -0.25) is 0 Å². The first-order valence-corrected chi connectivity index (χ1v) is 10.2. The molecule has 1 fully saturated rings. The summed E-state index contributed by atoms with van der Waals surface area (Å²) in [6.45, 7) is 4.39. The minimum atomic E-state index is -3.80.